The number of amides is 1. The molecule has 1 aliphatic rings. The zero-order valence-electron chi connectivity index (χ0n) is 13.3. The van der Waals surface area contributed by atoms with Crippen LogP contribution in [-0.2, 0) is 0 Å². The van der Waals surface area contributed by atoms with Gasteiger partial charge in [-0.1, -0.05) is 31.2 Å². The molecule has 1 amide bonds. The van der Waals surface area contributed by atoms with Gasteiger partial charge in [-0.25, -0.2) is 0 Å². The highest BCUT2D eigenvalue weighted by atomic mass is 16.2. The lowest BCUT2D eigenvalue weighted by Gasteiger charge is -2.23. The van der Waals surface area contributed by atoms with Gasteiger partial charge in [-0.05, 0) is 38.0 Å². The Labute approximate surface area is 130 Å². The molecular formula is C18H21N3O. The third kappa shape index (κ3) is 2.45. The van der Waals surface area contributed by atoms with Gasteiger partial charge in [0, 0.05) is 23.4 Å². The Hall–Kier alpha value is -2.36. The van der Waals surface area contributed by atoms with Crippen molar-refractivity contribution >= 4 is 5.91 Å². The number of aromatic nitrogens is 2. The Bertz CT molecular complexity index is 710. The maximum atomic E-state index is 12.8. The van der Waals surface area contributed by atoms with Gasteiger partial charge in [0.1, 0.15) is 0 Å². The van der Waals surface area contributed by atoms with Gasteiger partial charge in [-0.3, -0.25) is 9.89 Å². The van der Waals surface area contributed by atoms with E-state index < -0.39 is 0 Å². The van der Waals surface area contributed by atoms with Crippen LogP contribution in [0.25, 0.3) is 11.1 Å². The van der Waals surface area contributed by atoms with E-state index in [4.69, 9.17) is 0 Å². The number of hydrogen-bond acceptors (Lipinski definition) is 2. The number of carbonyl (C=O) groups excluding carboxylic acids is 1. The molecule has 0 saturated carbocycles. The monoisotopic (exact) mass is 295 g/mol. The number of nitrogens with one attached hydrogen (secondary N) is 1. The van der Waals surface area contributed by atoms with Gasteiger partial charge < -0.3 is 4.90 Å². The molecule has 1 atom stereocenters. The maximum Gasteiger partial charge on any atom is 0.254 e. The van der Waals surface area contributed by atoms with E-state index in [-0.39, 0.29) is 11.9 Å². The molecule has 0 saturated heterocycles. The summed E-state index contributed by atoms with van der Waals surface area (Å²) in [6.07, 6.45) is 5.13. The fourth-order valence-electron chi connectivity index (χ4n) is 3.11. The van der Waals surface area contributed by atoms with Crippen LogP contribution in [0.2, 0.25) is 0 Å². The average molecular weight is 295 g/mol. The van der Waals surface area contributed by atoms with Crippen LogP contribution >= 0.6 is 0 Å². The highest BCUT2D eigenvalue weighted by molar-refractivity contribution is 5.96. The first kappa shape index (κ1) is 14.6. The maximum absolute atomic E-state index is 12.8. The molecule has 4 heteroatoms. The summed E-state index contributed by atoms with van der Waals surface area (Å²) in [6.45, 7) is 6.78. The summed E-state index contributed by atoms with van der Waals surface area (Å²) in [7, 11) is 0. The van der Waals surface area contributed by atoms with E-state index in [2.05, 4.69) is 29.3 Å². The Balaban J connectivity index is 1.93. The van der Waals surface area contributed by atoms with Crippen LogP contribution in [0.1, 0.15) is 35.1 Å². The zero-order chi connectivity index (χ0) is 15.7. The van der Waals surface area contributed by atoms with E-state index in [9.17, 15) is 4.79 Å². The van der Waals surface area contributed by atoms with Gasteiger partial charge in [0.05, 0.1) is 11.7 Å². The van der Waals surface area contributed by atoms with Crippen molar-refractivity contribution in [3.63, 3.8) is 0 Å². The normalized spacial score (nSPS) is 17.2. The molecule has 1 aromatic carbocycles. The third-order valence-corrected chi connectivity index (χ3v) is 4.27. The van der Waals surface area contributed by atoms with Crippen LogP contribution in [0.3, 0.4) is 0 Å². The van der Waals surface area contributed by atoms with E-state index in [0.29, 0.717) is 6.54 Å². The molecule has 0 aliphatic carbocycles. The van der Waals surface area contributed by atoms with Gasteiger partial charge in [0.2, 0.25) is 0 Å². The summed E-state index contributed by atoms with van der Waals surface area (Å²) in [5.74, 6) is 0.0949. The first-order chi connectivity index (χ1) is 10.6. The van der Waals surface area contributed by atoms with E-state index in [1.807, 2.05) is 43.0 Å². The fraction of sp³-hybridized carbons (Fsp3) is 0.333. The van der Waals surface area contributed by atoms with Crippen molar-refractivity contribution in [1.29, 1.82) is 0 Å². The van der Waals surface area contributed by atoms with E-state index in [1.165, 1.54) is 0 Å². The number of rotatable bonds is 3. The predicted octanol–water partition coefficient (Wildman–Crippen LogP) is 3.48. The molecule has 1 aromatic heterocycles. The molecule has 4 nitrogen and oxygen atoms in total. The molecular weight excluding hydrogens is 274 g/mol. The molecule has 2 aromatic rings. The van der Waals surface area contributed by atoms with Crippen LogP contribution in [0.5, 0.6) is 0 Å². The van der Waals surface area contributed by atoms with Gasteiger partial charge >= 0.3 is 0 Å². The Morgan fingerprint density at radius 1 is 1.41 bits per heavy atom. The third-order valence-electron chi connectivity index (χ3n) is 4.27. The van der Waals surface area contributed by atoms with Crippen LogP contribution in [0.15, 0.2) is 36.4 Å². The second-order valence-corrected chi connectivity index (χ2v) is 5.75. The minimum atomic E-state index is 0.0949. The van der Waals surface area contributed by atoms with E-state index in [0.717, 1.165) is 34.5 Å². The van der Waals surface area contributed by atoms with Gasteiger partial charge in [-0.2, -0.15) is 5.10 Å². The quantitative estimate of drug-likeness (QED) is 0.881. The minimum Gasteiger partial charge on any atom is -0.329 e. The van der Waals surface area contributed by atoms with Crippen LogP contribution in [-0.4, -0.2) is 33.6 Å². The number of nitrogens with zero attached hydrogens (tertiary/aromatic N) is 2. The van der Waals surface area contributed by atoms with E-state index >= 15 is 0 Å². The second kappa shape index (κ2) is 5.79. The zero-order valence-corrected chi connectivity index (χ0v) is 13.3. The van der Waals surface area contributed by atoms with Crippen molar-refractivity contribution in [1.82, 2.24) is 15.1 Å². The standard InChI is InChI=1S/C18H21N3O/c1-4-16-9-6-10-21(16)18(22)15-8-5-7-14(11-15)17-12(2)19-20-13(17)3/h5-9,11,16H,4,10H2,1-3H3,(H,19,20)/t16-/m0/s1. The topological polar surface area (TPSA) is 49.0 Å². The fourth-order valence-corrected chi connectivity index (χ4v) is 3.11. The van der Waals surface area contributed by atoms with Crippen molar-refractivity contribution in [2.75, 3.05) is 6.54 Å². The van der Waals surface area contributed by atoms with Crippen molar-refractivity contribution in [2.24, 2.45) is 0 Å². The molecule has 0 radical (unpaired) electrons. The SMILES string of the molecule is CC[C@H]1C=CCN1C(=O)c1cccc(-c2c(C)n[nH]c2C)c1. The van der Waals surface area contributed by atoms with Crippen LogP contribution in [0, 0.1) is 13.8 Å². The minimum absolute atomic E-state index is 0.0949. The molecule has 2 heterocycles. The molecule has 1 N–H and O–H groups in total. The van der Waals surface area contributed by atoms with Crippen molar-refractivity contribution < 1.29 is 4.79 Å². The summed E-state index contributed by atoms with van der Waals surface area (Å²) in [5, 5.41) is 7.24. The van der Waals surface area contributed by atoms with E-state index in [1.54, 1.807) is 0 Å². The summed E-state index contributed by atoms with van der Waals surface area (Å²) in [4.78, 5) is 14.7. The number of benzene rings is 1. The molecule has 0 bridgehead atoms. The summed E-state index contributed by atoms with van der Waals surface area (Å²) in [5.41, 5.74) is 4.84. The Kier molecular flexibility index (Phi) is 3.84. The van der Waals surface area contributed by atoms with Gasteiger partial charge in [-0.15, -0.1) is 0 Å². The number of hydrogen-bond donors (Lipinski definition) is 1. The second-order valence-electron chi connectivity index (χ2n) is 5.75. The molecule has 0 fully saturated rings. The molecule has 3 rings (SSSR count). The summed E-state index contributed by atoms with van der Waals surface area (Å²) in [6, 6.07) is 8.05. The number of aryl methyl sites for hydroxylation is 2. The average Bonchev–Trinajstić information content (AvgIpc) is 3.13. The lowest BCUT2D eigenvalue weighted by atomic mass is 10.0. The highest BCUT2D eigenvalue weighted by Crippen LogP contribution is 2.27. The lowest BCUT2D eigenvalue weighted by Crippen LogP contribution is -2.35. The number of H-pyrrole nitrogens is 1. The molecule has 114 valence electrons. The Morgan fingerprint density at radius 3 is 2.91 bits per heavy atom. The predicted molar refractivity (Wildman–Crippen MR) is 87.8 cm³/mol. The van der Waals surface area contributed by atoms with Gasteiger partial charge in [0.15, 0.2) is 0 Å². The smallest absolute Gasteiger partial charge is 0.254 e. The number of aromatic amines is 1. The van der Waals surface area contributed by atoms with Crippen LogP contribution < -0.4 is 0 Å². The van der Waals surface area contributed by atoms with Gasteiger partial charge in [0.25, 0.3) is 5.91 Å². The van der Waals surface area contributed by atoms with Crippen molar-refractivity contribution in [2.45, 2.75) is 33.2 Å². The summed E-state index contributed by atoms with van der Waals surface area (Å²) < 4.78 is 0. The summed E-state index contributed by atoms with van der Waals surface area (Å²) >= 11 is 0. The van der Waals surface area contributed by atoms with Crippen molar-refractivity contribution in [3.05, 3.63) is 53.4 Å². The molecule has 1 aliphatic heterocycles. The van der Waals surface area contributed by atoms with Crippen molar-refractivity contribution in [3.8, 4) is 11.1 Å². The Morgan fingerprint density at radius 2 is 2.23 bits per heavy atom. The lowest BCUT2D eigenvalue weighted by molar-refractivity contribution is 0.0747. The first-order valence-corrected chi connectivity index (χ1v) is 7.71. The molecule has 22 heavy (non-hydrogen) atoms. The van der Waals surface area contributed by atoms with Crippen LogP contribution in [0.4, 0.5) is 0 Å². The number of carbonyl (C=O) groups is 1. The first-order valence-electron chi connectivity index (χ1n) is 7.71. The molecule has 0 spiro atoms. The highest BCUT2D eigenvalue weighted by Gasteiger charge is 2.24. The largest absolute Gasteiger partial charge is 0.329 e. The molecule has 0 unspecified atom stereocenters.